The molecule has 0 aliphatic carbocycles. The molecule has 7 heteroatoms. The summed E-state index contributed by atoms with van der Waals surface area (Å²) in [6, 6.07) is 16.4. The highest BCUT2D eigenvalue weighted by Gasteiger charge is 2.05. The largest absolute Gasteiger partial charge is 0.484 e. The molecule has 0 aromatic heterocycles. The summed E-state index contributed by atoms with van der Waals surface area (Å²) >= 11 is 3.35. The van der Waals surface area contributed by atoms with E-state index in [4.69, 9.17) is 4.74 Å². The maximum Gasteiger partial charge on any atom is 0.259 e. The summed E-state index contributed by atoms with van der Waals surface area (Å²) in [5.41, 5.74) is 3.18. The van der Waals surface area contributed by atoms with Crippen LogP contribution < -0.4 is 15.5 Å². The quantitative estimate of drug-likeness (QED) is 0.561. The monoisotopic (exact) mass is 389 g/mol. The number of ether oxygens (including phenoxy) is 1. The molecule has 0 heterocycles. The zero-order valence-electron chi connectivity index (χ0n) is 12.7. The molecule has 2 aromatic rings. The fourth-order valence-corrected chi connectivity index (χ4v) is 2.12. The summed E-state index contributed by atoms with van der Waals surface area (Å²) in [5.74, 6) is -0.213. The van der Waals surface area contributed by atoms with Crippen molar-refractivity contribution in [3.05, 3.63) is 64.6 Å². The third-order valence-corrected chi connectivity index (χ3v) is 3.30. The van der Waals surface area contributed by atoms with Gasteiger partial charge in [-0.1, -0.05) is 46.3 Å². The van der Waals surface area contributed by atoms with Crippen molar-refractivity contribution < 1.29 is 14.3 Å². The maximum absolute atomic E-state index is 11.6. The Balaban J connectivity index is 1.66. The van der Waals surface area contributed by atoms with Crippen molar-refractivity contribution in [1.29, 1.82) is 0 Å². The standard InChI is InChI=1S/C17H16BrN3O3/c18-14-6-4-5-13(9-14)10-20-21-16(22)11-19-17(23)12-24-15-7-2-1-3-8-15/h1-10H,11-12H2,(H,19,23)(H,21,22). The van der Waals surface area contributed by atoms with Gasteiger partial charge in [0.15, 0.2) is 6.61 Å². The second-order valence-corrected chi connectivity index (χ2v) is 5.64. The van der Waals surface area contributed by atoms with Crippen LogP contribution in [0.1, 0.15) is 5.56 Å². The van der Waals surface area contributed by atoms with Crippen LogP contribution in [0.4, 0.5) is 0 Å². The SMILES string of the molecule is O=C(COc1ccccc1)NCC(=O)NN=Cc1cccc(Br)c1. The van der Waals surface area contributed by atoms with E-state index in [0.717, 1.165) is 10.0 Å². The molecule has 2 rings (SSSR count). The molecule has 6 nitrogen and oxygen atoms in total. The van der Waals surface area contributed by atoms with Crippen molar-refractivity contribution in [2.75, 3.05) is 13.2 Å². The number of hydrogen-bond donors (Lipinski definition) is 2. The van der Waals surface area contributed by atoms with Crippen molar-refractivity contribution in [1.82, 2.24) is 10.7 Å². The Labute approximate surface area is 148 Å². The molecule has 2 N–H and O–H groups in total. The third kappa shape index (κ3) is 6.62. The minimum absolute atomic E-state index is 0.154. The van der Waals surface area contributed by atoms with E-state index in [1.165, 1.54) is 6.21 Å². The highest BCUT2D eigenvalue weighted by molar-refractivity contribution is 9.10. The molecule has 124 valence electrons. The van der Waals surface area contributed by atoms with Gasteiger partial charge in [-0.2, -0.15) is 5.10 Å². The average Bonchev–Trinajstić information content (AvgIpc) is 2.59. The number of hydrazone groups is 1. The Morgan fingerprint density at radius 2 is 1.88 bits per heavy atom. The van der Waals surface area contributed by atoms with Gasteiger partial charge >= 0.3 is 0 Å². The van der Waals surface area contributed by atoms with E-state index in [9.17, 15) is 9.59 Å². The molecule has 24 heavy (non-hydrogen) atoms. The Morgan fingerprint density at radius 3 is 2.62 bits per heavy atom. The molecule has 2 aromatic carbocycles. The van der Waals surface area contributed by atoms with Crippen molar-refractivity contribution >= 4 is 34.0 Å². The number of nitrogens with zero attached hydrogens (tertiary/aromatic N) is 1. The molecule has 0 spiro atoms. The molecule has 0 unspecified atom stereocenters. The van der Waals surface area contributed by atoms with Gasteiger partial charge in [0, 0.05) is 4.47 Å². The lowest BCUT2D eigenvalue weighted by Crippen LogP contribution is -2.37. The second-order valence-electron chi connectivity index (χ2n) is 4.73. The topological polar surface area (TPSA) is 79.8 Å². The Kier molecular flexibility index (Phi) is 6.97. The number of hydrogen-bond acceptors (Lipinski definition) is 4. The summed E-state index contributed by atoms with van der Waals surface area (Å²) in [6.45, 7) is -0.328. The van der Waals surface area contributed by atoms with Gasteiger partial charge in [-0.3, -0.25) is 9.59 Å². The normalized spacial score (nSPS) is 10.4. The lowest BCUT2D eigenvalue weighted by Gasteiger charge is -2.06. The summed E-state index contributed by atoms with van der Waals surface area (Å²) in [6.07, 6.45) is 1.52. The first-order chi connectivity index (χ1) is 11.6. The van der Waals surface area contributed by atoms with Crippen molar-refractivity contribution in [2.24, 2.45) is 5.10 Å². The van der Waals surface area contributed by atoms with Crippen LogP contribution >= 0.6 is 15.9 Å². The fourth-order valence-electron chi connectivity index (χ4n) is 1.70. The molecule has 2 amide bonds. The number of rotatable bonds is 7. The number of amides is 2. The van der Waals surface area contributed by atoms with E-state index in [0.29, 0.717) is 5.75 Å². The molecule has 0 aliphatic heterocycles. The second kappa shape index (κ2) is 9.46. The number of carbonyl (C=O) groups excluding carboxylic acids is 2. The lowest BCUT2D eigenvalue weighted by molar-refractivity contribution is -0.127. The highest BCUT2D eigenvalue weighted by Crippen LogP contribution is 2.09. The van der Waals surface area contributed by atoms with E-state index in [2.05, 4.69) is 31.8 Å². The minimum Gasteiger partial charge on any atom is -0.484 e. The van der Waals surface area contributed by atoms with E-state index < -0.39 is 5.91 Å². The summed E-state index contributed by atoms with van der Waals surface area (Å²) in [7, 11) is 0. The molecular weight excluding hydrogens is 374 g/mol. The Hall–Kier alpha value is -2.67. The molecule has 0 saturated heterocycles. The minimum atomic E-state index is -0.422. The van der Waals surface area contributed by atoms with Crippen LogP contribution in [0.15, 0.2) is 64.2 Å². The molecule has 0 saturated carbocycles. The predicted molar refractivity (Wildman–Crippen MR) is 94.8 cm³/mol. The zero-order valence-corrected chi connectivity index (χ0v) is 14.3. The van der Waals surface area contributed by atoms with Crippen LogP contribution in [0, 0.1) is 0 Å². The molecule has 0 aliphatic rings. The van der Waals surface area contributed by atoms with E-state index in [-0.39, 0.29) is 19.1 Å². The van der Waals surface area contributed by atoms with Gasteiger partial charge in [0.25, 0.3) is 11.8 Å². The first-order valence-electron chi connectivity index (χ1n) is 7.15. The van der Waals surface area contributed by atoms with Crippen molar-refractivity contribution in [3.8, 4) is 5.75 Å². The summed E-state index contributed by atoms with van der Waals surface area (Å²) < 4.78 is 6.19. The van der Waals surface area contributed by atoms with Gasteiger partial charge in [-0.05, 0) is 29.8 Å². The number of para-hydroxylation sites is 1. The van der Waals surface area contributed by atoms with Crippen LogP contribution in [0.5, 0.6) is 5.75 Å². The van der Waals surface area contributed by atoms with Crippen LogP contribution in [-0.4, -0.2) is 31.2 Å². The number of nitrogens with one attached hydrogen (secondary N) is 2. The van der Waals surface area contributed by atoms with Crippen LogP contribution in [-0.2, 0) is 9.59 Å². The first-order valence-corrected chi connectivity index (χ1v) is 7.95. The van der Waals surface area contributed by atoms with Crippen LogP contribution in [0.3, 0.4) is 0 Å². The zero-order chi connectivity index (χ0) is 17.2. The maximum atomic E-state index is 11.6. The molecule has 0 atom stereocenters. The van der Waals surface area contributed by atoms with Gasteiger partial charge in [-0.25, -0.2) is 5.43 Å². The third-order valence-electron chi connectivity index (χ3n) is 2.81. The van der Waals surface area contributed by atoms with Gasteiger partial charge in [0.2, 0.25) is 0 Å². The van der Waals surface area contributed by atoms with Gasteiger partial charge in [0.05, 0.1) is 12.8 Å². The number of carbonyl (C=O) groups is 2. The lowest BCUT2D eigenvalue weighted by atomic mass is 10.2. The van der Waals surface area contributed by atoms with Crippen LogP contribution in [0.2, 0.25) is 0 Å². The van der Waals surface area contributed by atoms with Crippen molar-refractivity contribution in [2.45, 2.75) is 0 Å². The summed E-state index contributed by atoms with van der Waals surface area (Å²) in [4.78, 5) is 23.2. The van der Waals surface area contributed by atoms with Crippen LogP contribution in [0.25, 0.3) is 0 Å². The molecule has 0 radical (unpaired) electrons. The first kappa shape index (κ1) is 17.7. The Morgan fingerprint density at radius 1 is 1.08 bits per heavy atom. The van der Waals surface area contributed by atoms with Crippen molar-refractivity contribution in [3.63, 3.8) is 0 Å². The molecule has 0 bridgehead atoms. The van der Waals surface area contributed by atoms with Gasteiger partial charge in [-0.15, -0.1) is 0 Å². The smallest absolute Gasteiger partial charge is 0.259 e. The Bertz CT molecular complexity index is 720. The summed E-state index contributed by atoms with van der Waals surface area (Å²) in [5, 5.41) is 6.28. The van der Waals surface area contributed by atoms with E-state index >= 15 is 0 Å². The molecular formula is C17H16BrN3O3. The molecule has 0 fully saturated rings. The fraction of sp³-hybridized carbons (Fsp3) is 0.118. The number of benzene rings is 2. The van der Waals surface area contributed by atoms with Gasteiger partial charge in [0.1, 0.15) is 5.75 Å². The highest BCUT2D eigenvalue weighted by atomic mass is 79.9. The number of halogens is 1. The average molecular weight is 390 g/mol. The van der Waals surface area contributed by atoms with E-state index in [1.54, 1.807) is 12.1 Å². The predicted octanol–water partition coefficient (Wildman–Crippen LogP) is 2.09. The van der Waals surface area contributed by atoms with Gasteiger partial charge < -0.3 is 10.1 Å². The van der Waals surface area contributed by atoms with E-state index in [1.807, 2.05) is 42.5 Å².